The molecule has 0 bridgehead atoms. The average Bonchev–Trinajstić information content (AvgIpc) is 2.79. The molecule has 0 saturated heterocycles. The lowest BCUT2D eigenvalue weighted by Crippen LogP contribution is -2.10. The molecular weight excluding hydrogens is 220 g/mol. The molecule has 0 aromatic carbocycles. The fourth-order valence-electron chi connectivity index (χ4n) is 2.42. The Balaban J connectivity index is 2.14. The van der Waals surface area contributed by atoms with Crippen molar-refractivity contribution in [1.82, 2.24) is 0 Å². The van der Waals surface area contributed by atoms with E-state index in [1.807, 2.05) is 12.3 Å². The van der Waals surface area contributed by atoms with Gasteiger partial charge in [0.2, 0.25) is 0 Å². The molecule has 0 aliphatic heterocycles. The highest BCUT2D eigenvalue weighted by Crippen LogP contribution is 2.36. The normalized spacial score (nSPS) is 17.3. The molecule has 88 valence electrons. The third-order valence-corrected chi connectivity index (χ3v) is 4.11. The molecule has 1 aromatic heterocycles. The van der Waals surface area contributed by atoms with Gasteiger partial charge in [0.15, 0.2) is 0 Å². The molecule has 2 rings (SSSR count). The summed E-state index contributed by atoms with van der Waals surface area (Å²) in [6, 6.07) is 2.10. The number of hydrogen-bond acceptors (Lipinski definition) is 3. The molecule has 3 heteroatoms. The van der Waals surface area contributed by atoms with Gasteiger partial charge in [-0.2, -0.15) is 0 Å². The smallest absolute Gasteiger partial charge is 0.348 e. The van der Waals surface area contributed by atoms with Crippen molar-refractivity contribution in [3.8, 4) is 0 Å². The van der Waals surface area contributed by atoms with E-state index in [0.717, 1.165) is 4.88 Å². The molecule has 1 aromatic rings. The van der Waals surface area contributed by atoms with Crippen molar-refractivity contribution >= 4 is 17.3 Å². The summed E-state index contributed by atoms with van der Waals surface area (Å²) >= 11 is 1.52. The van der Waals surface area contributed by atoms with Crippen LogP contribution < -0.4 is 0 Å². The minimum Gasteiger partial charge on any atom is -0.462 e. The molecular formula is C13H18O2S. The van der Waals surface area contributed by atoms with Crippen LogP contribution in [0.2, 0.25) is 0 Å². The molecule has 0 radical (unpaired) electrons. The third-order valence-electron chi connectivity index (χ3n) is 3.20. The first-order valence-corrected chi connectivity index (χ1v) is 6.95. The second-order valence-electron chi connectivity index (χ2n) is 4.26. The zero-order valence-corrected chi connectivity index (χ0v) is 10.5. The van der Waals surface area contributed by atoms with Gasteiger partial charge in [-0.25, -0.2) is 4.79 Å². The van der Waals surface area contributed by atoms with Gasteiger partial charge in [0, 0.05) is 0 Å². The monoisotopic (exact) mass is 238 g/mol. The van der Waals surface area contributed by atoms with Gasteiger partial charge in [0.1, 0.15) is 4.88 Å². The van der Waals surface area contributed by atoms with Gasteiger partial charge in [0.05, 0.1) is 6.61 Å². The molecule has 1 fully saturated rings. The largest absolute Gasteiger partial charge is 0.462 e. The molecule has 1 aliphatic carbocycles. The van der Waals surface area contributed by atoms with Crippen molar-refractivity contribution in [3.63, 3.8) is 0 Å². The first kappa shape index (κ1) is 11.6. The highest BCUT2D eigenvalue weighted by atomic mass is 32.1. The van der Waals surface area contributed by atoms with E-state index in [9.17, 15) is 4.79 Å². The zero-order chi connectivity index (χ0) is 11.4. The topological polar surface area (TPSA) is 26.3 Å². The maximum atomic E-state index is 11.8. The lowest BCUT2D eigenvalue weighted by atomic mass is 9.84. The number of thiophene rings is 1. The van der Waals surface area contributed by atoms with Crippen LogP contribution in [0.5, 0.6) is 0 Å². The summed E-state index contributed by atoms with van der Waals surface area (Å²) in [5, 5.41) is 2.01. The fraction of sp³-hybridized carbons (Fsp3) is 0.615. The van der Waals surface area contributed by atoms with Crippen LogP contribution in [0.15, 0.2) is 11.4 Å². The van der Waals surface area contributed by atoms with Crippen molar-refractivity contribution in [3.05, 3.63) is 21.9 Å². The fourth-order valence-corrected chi connectivity index (χ4v) is 3.29. The van der Waals surface area contributed by atoms with E-state index >= 15 is 0 Å². The summed E-state index contributed by atoms with van der Waals surface area (Å²) in [4.78, 5) is 12.6. The molecule has 0 spiro atoms. The van der Waals surface area contributed by atoms with E-state index in [-0.39, 0.29) is 5.97 Å². The minimum absolute atomic E-state index is 0.141. The Labute approximate surface area is 101 Å². The van der Waals surface area contributed by atoms with E-state index in [0.29, 0.717) is 12.5 Å². The molecule has 0 unspecified atom stereocenters. The molecule has 1 aliphatic rings. The van der Waals surface area contributed by atoms with Gasteiger partial charge in [-0.15, -0.1) is 11.3 Å². The molecule has 16 heavy (non-hydrogen) atoms. The predicted octanol–water partition coefficient (Wildman–Crippen LogP) is 3.97. The Bertz CT molecular complexity index is 351. The van der Waals surface area contributed by atoms with Crippen LogP contribution in [0.1, 0.15) is 60.2 Å². The van der Waals surface area contributed by atoms with Crippen molar-refractivity contribution in [2.75, 3.05) is 6.61 Å². The van der Waals surface area contributed by atoms with Gasteiger partial charge >= 0.3 is 5.97 Å². The average molecular weight is 238 g/mol. The van der Waals surface area contributed by atoms with Crippen LogP contribution in [0.4, 0.5) is 0 Å². The summed E-state index contributed by atoms with van der Waals surface area (Å²) in [5.41, 5.74) is 1.23. The van der Waals surface area contributed by atoms with Crippen LogP contribution in [-0.4, -0.2) is 12.6 Å². The second-order valence-corrected chi connectivity index (χ2v) is 5.18. The number of esters is 1. The highest BCUT2D eigenvalue weighted by Gasteiger charge is 2.23. The van der Waals surface area contributed by atoms with Gasteiger partial charge < -0.3 is 4.74 Å². The van der Waals surface area contributed by atoms with E-state index in [4.69, 9.17) is 4.74 Å². The predicted molar refractivity (Wildman–Crippen MR) is 66.1 cm³/mol. The lowest BCUT2D eigenvalue weighted by Gasteiger charge is -2.21. The quantitative estimate of drug-likeness (QED) is 0.745. The Morgan fingerprint density at radius 1 is 1.44 bits per heavy atom. The molecule has 2 nitrogen and oxygen atoms in total. The van der Waals surface area contributed by atoms with Crippen molar-refractivity contribution in [2.45, 2.75) is 44.9 Å². The second kappa shape index (κ2) is 5.48. The van der Waals surface area contributed by atoms with Crippen LogP contribution in [0.25, 0.3) is 0 Å². The van der Waals surface area contributed by atoms with Gasteiger partial charge in [-0.1, -0.05) is 19.3 Å². The number of hydrogen-bond donors (Lipinski definition) is 0. The summed E-state index contributed by atoms with van der Waals surface area (Å²) < 4.78 is 5.09. The first-order chi connectivity index (χ1) is 7.83. The number of carbonyl (C=O) groups excluding carboxylic acids is 1. The summed E-state index contributed by atoms with van der Waals surface area (Å²) in [5.74, 6) is 0.442. The molecule has 0 N–H and O–H groups in total. The molecule has 0 atom stereocenters. The van der Waals surface area contributed by atoms with Gasteiger partial charge in [-0.3, -0.25) is 0 Å². The maximum Gasteiger partial charge on any atom is 0.348 e. The van der Waals surface area contributed by atoms with Crippen LogP contribution in [0, 0.1) is 0 Å². The minimum atomic E-state index is -0.141. The molecule has 0 amide bonds. The number of rotatable bonds is 3. The van der Waals surface area contributed by atoms with Crippen LogP contribution in [0.3, 0.4) is 0 Å². The lowest BCUT2D eigenvalue weighted by molar-refractivity contribution is 0.0530. The van der Waals surface area contributed by atoms with E-state index in [1.165, 1.54) is 49.0 Å². The molecule has 1 heterocycles. The van der Waals surface area contributed by atoms with Gasteiger partial charge in [-0.05, 0) is 42.7 Å². The summed E-state index contributed by atoms with van der Waals surface area (Å²) in [6.45, 7) is 2.31. The number of ether oxygens (including phenoxy) is 1. The zero-order valence-electron chi connectivity index (χ0n) is 9.70. The van der Waals surface area contributed by atoms with Crippen LogP contribution >= 0.6 is 11.3 Å². The Kier molecular flexibility index (Phi) is 3.99. The van der Waals surface area contributed by atoms with E-state index < -0.39 is 0 Å². The van der Waals surface area contributed by atoms with Crippen molar-refractivity contribution in [2.24, 2.45) is 0 Å². The maximum absolute atomic E-state index is 11.8. The van der Waals surface area contributed by atoms with E-state index in [2.05, 4.69) is 6.07 Å². The Morgan fingerprint density at radius 3 is 2.88 bits per heavy atom. The van der Waals surface area contributed by atoms with Gasteiger partial charge in [0.25, 0.3) is 0 Å². The highest BCUT2D eigenvalue weighted by molar-refractivity contribution is 7.12. The van der Waals surface area contributed by atoms with Crippen molar-refractivity contribution < 1.29 is 9.53 Å². The summed E-state index contributed by atoms with van der Waals surface area (Å²) in [7, 11) is 0. The first-order valence-electron chi connectivity index (χ1n) is 6.07. The third kappa shape index (κ3) is 2.46. The summed E-state index contributed by atoms with van der Waals surface area (Å²) in [6.07, 6.45) is 6.38. The molecule has 1 saturated carbocycles. The standard InChI is InChI=1S/C13H18O2S/c1-2-15-13(14)12-11(8-9-16-12)10-6-4-3-5-7-10/h8-10H,2-7H2,1H3. The Hall–Kier alpha value is -0.830. The van der Waals surface area contributed by atoms with Crippen molar-refractivity contribution in [1.29, 1.82) is 0 Å². The Morgan fingerprint density at radius 2 is 2.19 bits per heavy atom. The van der Waals surface area contributed by atoms with E-state index in [1.54, 1.807) is 0 Å². The SMILES string of the molecule is CCOC(=O)c1sccc1C1CCCCC1. The number of carbonyl (C=O) groups is 1. The van der Waals surface area contributed by atoms with Crippen LogP contribution in [-0.2, 0) is 4.74 Å².